The summed E-state index contributed by atoms with van der Waals surface area (Å²) < 4.78 is 11.2. The van der Waals surface area contributed by atoms with E-state index in [-0.39, 0.29) is 0 Å². The molecule has 0 saturated carbocycles. The van der Waals surface area contributed by atoms with Gasteiger partial charge in [-0.3, -0.25) is 0 Å². The van der Waals surface area contributed by atoms with Gasteiger partial charge in [0.25, 0.3) is 0 Å². The number of hydrogen-bond acceptors (Lipinski definition) is 3. The molecule has 106 valence electrons. The SMILES string of the molecule is COc1ccccc1CNC1CCOC(C(C)C)C1. The number of para-hydroxylation sites is 1. The van der Waals surface area contributed by atoms with Gasteiger partial charge in [0.1, 0.15) is 5.75 Å². The van der Waals surface area contributed by atoms with Crippen LogP contribution in [0.3, 0.4) is 0 Å². The lowest BCUT2D eigenvalue weighted by molar-refractivity contribution is -0.0245. The van der Waals surface area contributed by atoms with Crippen molar-refractivity contribution in [3.8, 4) is 5.75 Å². The minimum absolute atomic E-state index is 0.393. The van der Waals surface area contributed by atoms with Crippen LogP contribution in [0.25, 0.3) is 0 Å². The fourth-order valence-corrected chi connectivity index (χ4v) is 2.58. The Labute approximate surface area is 116 Å². The molecule has 0 aromatic heterocycles. The summed E-state index contributed by atoms with van der Waals surface area (Å²) in [5.41, 5.74) is 1.22. The van der Waals surface area contributed by atoms with Gasteiger partial charge >= 0.3 is 0 Å². The van der Waals surface area contributed by atoms with Crippen molar-refractivity contribution < 1.29 is 9.47 Å². The van der Waals surface area contributed by atoms with Crippen LogP contribution in [-0.2, 0) is 11.3 Å². The molecule has 0 bridgehead atoms. The first-order valence-corrected chi connectivity index (χ1v) is 7.17. The van der Waals surface area contributed by atoms with E-state index in [1.807, 2.05) is 12.1 Å². The first kappa shape index (κ1) is 14.4. The van der Waals surface area contributed by atoms with E-state index in [9.17, 15) is 0 Å². The fourth-order valence-electron chi connectivity index (χ4n) is 2.58. The van der Waals surface area contributed by atoms with Gasteiger partial charge in [-0.1, -0.05) is 32.0 Å². The molecule has 1 aromatic carbocycles. The summed E-state index contributed by atoms with van der Waals surface area (Å²) in [5, 5.41) is 3.64. The number of benzene rings is 1. The fraction of sp³-hybridized carbons (Fsp3) is 0.625. The van der Waals surface area contributed by atoms with Crippen LogP contribution in [-0.4, -0.2) is 25.9 Å². The second-order valence-electron chi connectivity index (χ2n) is 5.57. The number of hydrogen-bond donors (Lipinski definition) is 1. The van der Waals surface area contributed by atoms with Crippen molar-refractivity contribution >= 4 is 0 Å². The van der Waals surface area contributed by atoms with Crippen LogP contribution in [0.5, 0.6) is 5.75 Å². The maximum atomic E-state index is 5.80. The van der Waals surface area contributed by atoms with E-state index in [0.29, 0.717) is 18.1 Å². The number of methoxy groups -OCH3 is 1. The molecule has 19 heavy (non-hydrogen) atoms. The second-order valence-corrected chi connectivity index (χ2v) is 5.57. The van der Waals surface area contributed by atoms with Crippen LogP contribution in [0.1, 0.15) is 32.3 Å². The van der Waals surface area contributed by atoms with Crippen molar-refractivity contribution in [1.82, 2.24) is 5.32 Å². The maximum Gasteiger partial charge on any atom is 0.123 e. The summed E-state index contributed by atoms with van der Waals surface area (Å²) in [6.45, 7) is 6.19. The highest BCUT2D eigenvalue weighted by atomic mass is 16.5. The molecule has 2 atom stereocenters. The lowest BCUT2D eigenvalue weighted by Crippen LogP contribution is -2.40. The third-order valence-electron chi connectivity index (χ3n) is 3.83. The standard InChI is InChI=1S/C16H25NO2/c1-12(2)16-10-14(8-9-19-16)17-11-13-6-4-5-7-15(13)18-3/h4-7,12,14,16-17H,8-11H2,1-3H3. The zero-order chi connectivity index (χ0) is 13.7. The molecular weight excluding hydrogens is 238 g/mol. The van der Waals surface area contributed by atoms with E-state index in [2.05, 4.69) is 31.3 Å². The van der Waals surface area contributed by atoms with Crippen LogP contribution in [0, 0.1) is 5.92 Å². The van der Waals surface area contributed by atoms with Crippen LogP contribution in [0.15, 0.2) is 24.3 Å². The highest BCUT2D eigenvalue weighted by Crippen LogP contribution is 2.22. The lowest BCUT2D eigenvalue weighted by atomic mass is 9.95. The maximum absolute atomic E-state index is 5.80. The molecule has 0 amide bonds. The van der Waals surface area contributed by atoms with Crippen molar-refractivity contribution in [2.45, 2.75) is 45.4 Å². The summed E-state index contributed by atoms with van der Waals surface area (Å²) in [6.07, 6.45) is 2.59. The monoisotopic (exact) mass is 263 g/mol. The zero-order valence-electron chi connectivity index (χ0n) is 12.2. The highest BCUT2D eigenvalue weighted by molar-refractivity contribution is 5.33. The number of ether oxygens (including phenoxy) is 2. The molecule has 0 radical (unpaired) electrons. The van der Waals surface area contributed by atoms with E-state index in [4.69, 9.17) is 9.47 Å². The molecule has 1 N–H and O–H groups in total. The largest absolute Gasteiger partial charge is 0.496 e. The Bertz CT molecular complexity index is 392. The van der Waals surface area contributed by atoms with Gasteiger partial charge < -0.3 is 14.8 Å². The van der Waals surface area contributed by atoms with Crippen LogP contribution >= 0.6 is 0 Å². The zero-order valence-corrected chi connectivity index (χ0v) is 12.2. The van der Waals surface area contributed by atoms with Gasteiger partial charge in [-0.05, 0) is 24.8 Å². The van der Waals surface area contributed by atoms with Crippen molar-refractivity contribution in [2.24, 2.45) is 5.92 Å². The summed E-state index contributed by atoms with van der Waals surface area (Å²) >= 11 is 0. The molecule has 2 rings (SSSR count). The van der Waals surface area contributed by atoms with Gasteiger partial charge in [-0.15, -0.1) is 0 Å². The predicted octanol–water partition coefficient (Wildman–Crippen LogP) is 2.99. The molecule has 0 aliphatic carbocycles. The minimum Gasteiger partial charge on any atom is -0.496 e. The van der Waals surface area contributed by atoms with Gasteiger partial charge in [-0.25, -0.2) is 0 Å². The Morgan fingerprint density at radius 2 is 2.16 bits per heavy atom. The quantitative estimate of drug-likeness (QED) is 0.886. The Balaban J connectivity index is 1.88. The van der Waals surface area contributed by atoms with Crippen molar-refractivity contribution in [3.05, 3.63) is 29.8 Å². The Morgan fingerprint density at radius 1 is 1.37 bits per heavy atom. The molecule has 1 aromatic rings. The Morgan fingerprint density at radius 3 is 2.89 bits per heavy atom. The minimum atomic E-state index is 0.393. The topological polar surface area (TPSA) is 30.5 Å². The molecule has 1 aliphatic rings. The molecule has 3 nitrogen and oxygen atoms in total. The summed E-state index contributed by atoms with van der Waals surface area (Å²) in [5.74, 6) is 1.55. The summed E-state index contributed by atoms with van der Waals surface area (Å²) in [7, 11) is 1.72. The van der Waals surface area contributed by atoms with Gasteiger partial charge in [0.05, 0.1) is 13.2 Å². The third kappa shape index (κ3) is 3.95. The lowest BCUT2D eigenvalue weighted by Gasteiger charge is -2.32. The van der Waals surface area contributed by atoms with Crippen LogP contribution in [0.4, 0.5) is 0 Å². The highest BCUT2D eigenvalue weighted by Gasteiger charge is 2.24. The molecule has 2 unspecified atom stereocenters. The molecule has 1 aliphatic heterocycles. The van der Waals surface area contributed by atoms with E-state index in [1.165, 1.54) is 5.56 Å². The van der Waals surface area contributed by atoms with Crippen molar-refractivity contribution in [2.75, 3.05) is 13.7 Å². The van der Waals surface area contributed by atoms with Crippen molar-refractivity contribution in [3.63, 3.8) is 0 Å². The van der Waals surface area contributed by atoms with Gasteiger partial charge in [0, 0.05) is 24.8 Å². The van der Waals surface area contributed by atoms with E-state index < -0.39 is 0 Å². The number of nitrogens with one attached hydrogen (secondary N) is 1. The average molecular weight is 263 g/mol. The van der Waals surface area contributed by atoms with E-state index in [0.717, 1.165) is 31.7 Å². The van der Waals surface area contributed by atoms with Crippen molar-refractivity contribution in [1.29, 1.82) is 0 Å². The normalized spacial score (nSPS) is 23.6. The van der Waals surface area contributed by atoms with Gasteiger partial charge in [0.2, 0.25) is 0 Å². The van der Waals surface area contributed by atoms with Gasteiger partial charge in [0.15, 0.2) is 0 Å². The molecule has 3 heteroatoms. The molecular formula is C16H25NO2. The summed E-state index contributed by atoms with van der Waals surface area (Å²) in [6, 6.07) is 8.74. The van der Waals surface area contributed by atoms with Crippen LogP contribution in [0.2, 0.25) is 0 Å². The molecule has 0 spiro atoms. The molecule has 1 heterocycles. The molecule has 1 saturated heterocycles. The van der Waals surface area contributed by atoms with Crippen LogP contribution < -0.4 is 10.1 Å². The smallest absolute Gasteiger partial charge is 0.123 e. The first-order chi connectivity index (χ1) is 9.20. The third-order valence-corrected chi connectivity index (χ3v) is 3.83. The van der Waals surface area contributed by atoms with E-state index in [1.54, 1.807) is 7.11 Å². The predicted molar refractivity (Wildman–Crippen MR) is 77.4 cm³/mol. The molecule has 1 fully saturated rings. The Hall–Kier alpha value is -1.06. The number of rotatable bonds is 5. The summed E-state index contributed by atoms with van der Waals surface area (Å²) in [4.78, 5) is 0. The van der Waals surface area contributed by atoms with E-state index >= 15 is 0 Å². The first-order valence-electron chi connectivity index (χ1n) is 7.17. The second kappa shape index (κ2) is 6.92. The average Bonchev–Trinajstić information content (AvgIpc) is 2.45. The Kier molecular flexibility index (Phi) is 5.23. The van der Waals surface area contributed by atoms with Gasteiger partial charge in [-0.2, -0.15) is 0 Å².